The van der Waals surface area contributed by atoms with Crippen molar-refractivity contribution in [3.8, 4) is 0 Å². The molecule has 11 heavy (non-hydrogen) atoms. The van der Waals surface area contributed by atoms with Crippen molar-refractivity contribution in [2.24, 2.45) is 11.8 Å². The number of hydrogen-bond donors (Lipinski definition) is 0. The highest BCUT2D eigenvalue weighted by Crippen LogP contribution is 2.24. The largest absolute Gasteiger partial charge is 0.0885 e. The molecule has 0 saturated heterocycles. The molecule has 0 amide bonds. The standard InChI is InChI=1S/C11H19/c1-10(2)11-8-6-4-3-5-7-9-11/h3-4,10-11H,1,5-9H2,2H3/b4-3-. The maximum atomic E-state index is 4.11. The summed E-state index contributed by atoms with van der Waals surface area (Å²) in [5, 5.41) is 0. The van der Waals surface area contributed by atoms with Gasteiger partial charge in [-0.2, -0.15) is 0 Å². The predicted octanol–water partition coefficient (Wildman–Crippen LogP) is 3.59. The summed E-state index contributed by atoms with van der Waals surface area (Å²) >= 11 is 0. The van der Waals surface area contributed by atoms with Crippen LogP contribution >= 0.6 is 0 Å². The minimum Gasteiger partial charge on any atom is -0.0885 e. The van der Waals surface area contributed by atoms with Crippen LogP contribution in [0.15, 0.2) is 12.2 Å². The second-order valence-electron chi connectivity index (χ2n) is 3.72. The second kappa shape index (κ2) is 4.58. The van der Waals surface area contributed by atoms with E-state index in [9.17, 15) is 0 Å². The summed E-state index contributed by atoms with van der Waals surface area (Å²) in [4.78, 5) is 0. The Hall–Kier alpha value is -0.260. The van der Waals surface area contributed by atoms with Gasteiger partial charge in [0.2, 0.25) is 0 Å². The Morgan fingerprint density at radius 1 is 1.27 bits per heavy atom. The van der Waals surface area contributed by atoms with E-state index in [0.717, 1.165) is 5.92 Å². The zero-order chi connectivity index (χ0) is 8.10. The molecule has 0 aliphatic heterocycles. The highest BCUT2D eigenvalue weighted by molar-refractivity contribution is 4.86. The Kier molecular flexibility index (Phi) is 3.68. The van der Waals surface area contributed by atoms with E-state index >= 15 is 0 Å². The zero-order valence-corrected chi connectivity index (χ0v) is 7.55. The normalized spacial score (nSPS) is 29.5. The molecule has 0 aromatic rings. The topological polar surface area (TPSA) is 0 Å². The lowest BCUT2D eigenvalue weighted by molar-refractivity contribution is 0.354. The maximum Gasteiger partial charge on any atom is -0.0348 e. The molecule has 1 aliphatic carbocycles. The molecule has 0 N–H and O–H groups in total. The predicted molar refractivity (Wildman–Crippen MR) is 50.2 cm³/mol. The van der Waals surface area contributed by atoms with Gasteiger partial charge in [-0.05, 0) is 43.9 Å². The molecule has 0 aromatic heterocycles. The first kappa shape index (κ1) is 8.83. The monoisotopic (exact) mass is 151 g/mol. The number of hydrogen-bond acceptors (Lipinski definition) is 0. The summed E-state index contributed by atoms with van der Waals surface area (Å²) in [7, 11) is 0. The Balaban J connectivity index is 2.35. The molecule has 0 spiro atoms. The number of allylic oxidation sites excluding steroid dienone is 2. The summed E-state index contributed by atoms with van der Waals surface area (Å²) < 4.78 is 0. The van der Waals surface area contributed by atoms with Gasteiger partial charge in [0.1, 0.15) is 0 Å². The van der Waals surface area contributed by atoms with Gasteiger partial charge in [0.05, 0.1) is 0 Å². The van der Waals surface area contributed by atoms with Gasteiger partial charge in [0, 0.05) is 0 Å². The zero-order valence-electron chi connectivity index (χ0n) is 7.55. The third kappa shape index (κ3) is 3.09. The highest BCUT2D eigenvalue weighted by atomic mass is 14.2. The summed E-state index contributed by atoms with van der Waals surface area (Å²) in [5.74, 6) is 1.52. The molecule has 1 rings (SSSR count). The lowest BCUT2D eigenvalue weighted by Gasteiger charge is -2.20. The first-order chi connectivity index (χ1) is 5.30. The quantitative estimate of drug-likeness (QED) is 0.502. The van der Waals surface area contributed by atoms with Crippen LogP contribution in [0.5, 0.6) is 0 Å². The van der Waals surface area contributed by atoms with Crippen LogP contribution in [-0.4, -0.2) is 0 Å². The van der Waals surface area contributed by atoms with Crippen LogP contribution in [0.1, 0.15) is 39.0 Å². The lowest BCUT2D eigenvalue weighted by atomic mass is 9.85. The van der Waals surface area contributed by atoms with Crippen LogP contribution in [0.2, 0.25) is 0 Å². The van der Waals surface area contributed by atoms with Crippen LogP contribution in [0.4, 0.5) is 0 Å². The van der Waals surface area contributed by atoms with Gasteiger partial charge < -0.3 is 0 Å². The summed E-state index contributed by atoms with van der Waals surface area (Å²) in [6.07, 6.45) is 11.3. The summed E-state index contributed by atoms with van der Waals surface area (Å²) in [5.41, 5.74) is 0. The Morgan fingerprint density at radius 3 is 2.73 bits per heavy atom. The molecule has 2 unspecified atom stereocenters. The molecule has 1 aliphatic rings. The van der Waals surface area contributed by atoms with E-state index < -0.39 is 0 Å². The molecular weight excluding hydrogens is 132 g/mol. The van der Waals surface area contributed by atoms with Crippen molar-refractivity contribution >= 4 is 0 Å². The minimum absolute atomic E-state index is 0.640. The van der Waals surface area contributed by atoms with E-state index in [1.54, 1.807) is 0 Å². The Labute approximate surface area is 70.7 Å². The van der Waals surface area contributed by atoms with E-state index in [-0.39, 0.29) is 0 Å². The molecule has 0 nitrogen and oxygen atoms in total. The Morgan fingerprint density at radius 2 is 2.00 bits per heavy atom. The molecule has 0 heteroatoms. The average Bonchev–Trinajstić information content (AvgIpc) is 1.84. The SMILES string of the molecule is [CH2]C(C)C1CC/C=C\CCC1. The van der Waals surface area contributed by atoms with Gasteiger partial charge in [-0.25, -0.2) is 0 Å². The van der Waals surface area contributed by atoms with Crippen LogP contribution in [0.3, 0.4) is 0 Å². The fourth-order valence-electron chi connectivity index (χ4n) is 1.76. The average molecular weight is 151 g/mol. The molecule has 2 atom stereocenters. The fourth-order valence-corrected chi connectivity index (χ4v) is 1.76. The van der Waals surface area contributed by atoms with E-state index in [0.29, 0.717) is 5.92 Å². The second-order valence-corrected chi connectivity index (χ2v) is 3.72. The molecule has 0 heterocycles. The van der Waals surface area contributed by atoms with Gasteiger partial charge in [-0.3, -0.25) is 0 Å². The molecule has 1 radical (unpaired) electrons. The first-order valence-corrected chi connectivity index (χ1v) is 4.79. The van der Waals surface area contributed by atoms with Crippen molar-refractivity contribution in [3.05, 3.63) is 19.1 Å². The van der Waals surface area contributed by atoms with Crippen molar-refractivity contribution in [2.45, 2.75) is 39.0 Å². The van der Waals surface area contributed by atoms with Gasteiger partial charge in [-0.1, -0.05) is 26.0 Å². The van der Waals surface area contributed by atoms with E-state index in [1.165, 1.54) is 32.1 Å². The van der Waals surface area contributed by atoms with Crippen molar-refractivity contribution in [3.63, 3.8) is 0 Å². The molecular formula is C11H19. The van der Waals surface area contributed by atoms with Crippen molar-refractivity contribution in [1.29, 1.82) is 0 Å². The van der Waals surface area contributed by atoms with Gasteiger partial charge in [-0.15, -0.1) is 0 Å². The van der Waals surface area contributed by atoms with E-state index in [4.69, 9.17) is 0 Å². The van der Waals surface area contributed by atoms with Crippen molar-refractivity contribution < 1.29 is 0 Å². The third-order valence-electron chi connectivity index (χ3n) is 2.62. The van der Waals surface area contributed by atoms with Crippen LogP contribution in [-0.2, 0) is 0 Å². The van der Waals surface area contributed by atoms with Crippen LogP contribution in [0, 0.1) is 18.8 Å². The maximum absolute atomic E-state index is 4.11. The van der Waals surface area contributed by atoms with Crippen molar-refractivity contribution in [2.75, 3.05) is 0 Å². The van der Waals surface area contributed by atoms with E-state index in [2.05, 4.69) is 26.0 Å². The fraction of sp³-hybridized carbons (Fsp3) is 0.727. The van der Waals surface area contributed by atoms with Gasteiger partial charge >= 0.3 is 0 Å². The van der Waals surface area contributed by atoms with Crippen LogP contribution < -0.4 is 0 Å². The summed E-state index contributed by atoms with van der Waals surface area (Å²) in [6, 6.07) is 0. The third-order valence-corrected chi connectivity index (χ3v) is 2.62. The molecule has 0 aromatic carbocycles. The molecule has 0 fully saturated rings. The Bertz CT molecular complexity index is 122. The van der Waals surface area contributed by atoms with Gasteiger partial charge in [0.15, 0.2) is 0 Å². The summed E-state index contributed by atoms with van der Waals surface area (Å²) in [6.45, 7) is 6.36. The van der Waals surface area contributed by atoms with E-state index in [1.807, 2.05) is 0 Å². The molecule has 0 bridgehead atoms. The van der Waals surface area contributed by atoms with Gasteiger partial charge in [0.25, 0.3) is 0 Å². The first-order valence-electron chi connectivity index (χ1n) is 4.79. The molecule has 0 saturated carbocycles. The minimum atomic E-state index is 0.640. The molecule has 63 valence electrons. The highest BCUT2D eigenvalue weighted by Gasteiger charge is 2.12. The van der Waals surface area contributed by atoms with Crippen molar-refractivity contribution in [1.82, 2.24) is 0 Å². The smallest absolute Gasteiger partial charge is 0.0348 e. The number of rotatable bonds is 1. The lowest BCUT2D eigenvalue weighted by Crippen LogP contribution is -2.09. The van der Waals surface area contributed by atoms with Crippen LogP contribution in [0.25, 0.3) is 0 Å².